The number of nitrogens with zero attached hydrogens (tertiary/aromatic N) is 3. The predicted molar refractivity (Wildman–Crippen MR) is 103 cm³/mol. The van der Waals surface area contributed by atoms with E-state index in [-0.39, 0.29) is 18.4 Å². The van der Waals surface area contributed by atoms with Crippen LogP contribution in [0.25, 0.3) is 0 Å². The number of hydrogen-bond acceptors (Lipinski definition) is 4. The average molecular weight is 413 g/mol. The number of nitrogens with one attached hydrogen (secondary N) is 1. The number of likely N-dealkylation sites (tertiary alicyclic amines) is 1. The number of aryl methyl sites for hydroxylation is 2. The fraction of sp³-hybridized carbons (Fsp3) is 0.389. The summed E-state index contributed by atoms with van der Waals surface area (Å²) >= 11 is 6.83. The number of anilines is 1. The molecule has 1 aromatic heterocycles. The first-order valence-electron chi connectivity index (χ1n) is 8.55. The Bertz CT molecular complexity index is 858. The molecule has 0 saturated carbocycles. The highest BCUT2D eigenvalue weighted by atomic mass is 35.5. The third-order valence-corrected chi connectivity index (χ3v) is 5.27. The summed E-state index contributed by atoms with van der Waals surface area (Å²) in [4.78, 5) is 17.7. The monoisotopic (exact) mass is 412 g/mol. The number of hydrogen-bond donors (Lipinski definition) is 1. The van der Waals surface area contributed by atoms with Crippen molar-refractivity contribution in [3.05, 3.63) is 52.1 Å². The van der Waals surface area contributed by atoms with E-state index in [2.05, 4.69) is 14.7 Å². The van der Waals surface area contributed by atoms with E-state index in [1.807, 2.05) is 6.08 Å². The molecule has 0 aliphatic carbocycles. The van der Waals surface area contributed by atoms with Crippen molar-refractivity contribution in [3.63, 3.8) is 0 Å². The van der Waals surface area contributed by atoms with Gasteiger partial charge in [0.15, 0.2) is 0 Å². The molecule has 9 heteroatoms. The minimum absolute atomic E-state index is 0.00917. The van der Waals surface area contributed by atoms with E-state index in [0.717, 1.165) is 11.5 Å². The second kappa shape index (κ2) is 8.75. The van der Waals surface area contributed by atoms with Gasteiger partial charge in [-0.15, -0.1) is 0 Å². The van der Waals surface area contributed by atoms with Crippen LogP contribution < -0.4 is 5.32 Å². The molecule has 1 aromatic carbocycles. The van der Waals surface area contributed by atoms with Gasteiger partial charge in [-0.2, -0.15) is 4.37 Å². The summed E-state index contributed by atoms with van der Waals surface area (Å²) in [6.45, 7) is 2.15. The zero-order valence-corrected chi connectivity index (χ0v) is 16.3. The summed E-state index contributed by atoms with van der Waals surface area (Å²) < 4.78 is 32.2. The van der Waals surface area contributed by atoms with Crippen LogP contribution in [0.3, 0.4) is 0 Å². The van der Waals surface area contributed by atoms with Crippen LogP contribution in [-0.4, -0.2) is 39.5 Å². The summed E-state index contributed by atoms with van der Waals surface area (Å²) in [5, 5.41) is 3.39. The first kappa shape index (κ1) is 19.7. The Labute approximate surface area is 165 Å². The molecule has 3 rings (SSSR count). The number of halogens is 3. The van der Waals surface area contributed by atoms with Crippen LogP contribution in [0.15, 0.2) is 29.8 Å². The first-order valence-corrected chi connectivity index (χ1v) is 9.70. The van der Waals surface area contributed by atoms with E-state index in [0.29, 0.717) is 52.9 Å². The van der Waals surface area contributed by atoms with Gasteiger partial charge in [0.25, 0.3) is 0 Å². The number of carbonyl (C=O) groups excluding carboxylic acids is 1. The predicted octanol–water partition coefficient (Wildman–Crippen LogP) is 4.77. The molecule has 1 atom stereocenters. The van der Waals surface area contributed by atoms with Crippen LogP contribution >= 0.6 is 23.1 Å². The quantitative estimate of drug-likeness (QED) is 0.735. The van der Waals surface area contributed by atoms with E-state index in [4.69, 9.17) is 11.6 Å². The van der Waals surface area contributed by atoms with Crippen molar-refractivity contribution < 1.29 is 13.6 Å². The number of benzene rings is 1. The molecule has 1 N–H and O–H groups in total. The third kappa shape index (κ3) is 5.23. The van der Waals surface area contributed by atoms with E-state index in [9.17, 15) is 13.6 Å². The fourth-order valence-electron chi connectivity index (χ4n) is 2.89. The number of carbonyl (C=O) groups is 1. The number of alkyl halides is 1. The van der Waals surface area contributed by atoms with Crippen LogP contribution in [0.2, 0.25) is 5.02 Å². The Morgan fingerprint density at radius 2 is 2.33 bits per heavy atom. The minimum Gasteiger partial charge on any atom is -0.321 e. The van der Waals surface area contributed by atoms with Crippen molar-refractivity contribution in [2.75, 3.05) is 18.4 Å². The van der Waals surface area contributed by atoms with Gasteiger partial charge in [-0.25, -0.2) is 18.6 Å². The number of allylic oxidation sites excluding steroid dienone is 1. The summed E-state index contributed by atoms with van der Waals surface area (Å²) in [5.74, 6) is 0.232. The largest absolute Gasteiger partial charge is 0.323 e. The Morgan fingerprint density at radius 3 is 3.00 bits per heavy atom. The second-order valence-electron chi connectivity index (χ2n) is 6.29. The van der Waals surface area contributed by atoms with Gasteiger partial charge in [0.05, 0.1) is 6.54 Å². The number of aromatic nitrogens is 2. The molecular weight excluding hydrogens is 394 g/mol. The molecule has 1 aliphatic rings. The van der Waals surface area contributed by atoms with Crippen molar-refractivity contribution in [2.24, 2.45) is 0 Å². The lowest BCUT2D eigenvalue weighted by Crippen LogP contribution is -2.44. The van der Waals surface area contributed by atoms with Gasteiger partial charge in [0, 0.05) is 23.1 Å². The lowest BCUT2D eigenvalue weighted by molar-refractivity contribution is 0.179. The molecule has 1 fully saturated rings. The van der Waals surface area contributed by atoms with Crippen molar-refractivity contribution >= 4 is 34.3 Å². The summed E-state index contributed by atoms with van der Waals surface area (Å²) in [6.07, 6.45) is 2.04. The van der Waals surface area contributed by atoms with Gasteiger partial charge in [0.2, 0.25) is 5.13 Å². The number of urea groups is 1. The highest BCUT2D eigenvalue weighted by molar-refractivity contribution is 7.09. The molecule has 2 heterocycles. The molecule has 2 amide bonds. The molecule has 144 valence electrons. The van der Waals surface area contributed by atoms with Gasteiger partial charge in [-0.05, 0) is 49.5 Å². The maximum atomic E-state index is 14.5. The standard InChI is InChI=1S/C18H19ClF2N4OS/c1-11-22-17(27-24-11)23-18(26)25-8-7-13(16(21)10-25)4-2-3-12-5-6-14(19)9-15(12)20/h4-6,9,16H,2-3,7-8,10H2,1H3,(H,22,23,24,26)/b13-4+. The van der Waals surface area contributed by atoms with Gasteiger partial charge in [0.1, 0.15) is 17.8 Å². The SMILES string of the molecule is Cc1nsc(NC(=O)N2CC/C(=C\CCc3ccc(Cl)cc3F)C(F)C2)n1. The molecular formula is C18H19ClF2N4OS. The van der Waals surface area contributed by atoms with Crippen molar-refractivity contribution in [2.45, 2.75) is 32.4 Å². The minimum atomic E-state index is -1.23. The highest BCUT2D eigenvalue weighted by Gasteiger charge is 2.27. The van der Waals surface area contributed by atoms with Crippen molar-refractivity contribution in [1.82, 2.24) is 14.3 Å². The first-order chi connectivity index (χ1) is 12.9. The van der Waals surface area contributed by atoms with E-state index >= 15 is 0 Å². The highest BCUT2D eigenvalue weighted by Crippen LogP contribution is 2.23. The van der Waals surface area contributed by atoms with Crippen LogP contribution in [0, 0.1) is 12.7 Å². The van der Waals surface area contributed by atoms with Crippen molar-refractivity contribution in [3.8, 4) is 0 Å². The second-order valence-corrected chi connectivity index (χ2v) is 7.48. The lowest BCUT2D eigenvalue weighted by Gasteiger charge is -2.30. The summed E-state index contributed by atoms with van der Waals surface area (Å²) in [5.41, 5.74) is 1.20. The van der Waals surface area contributed by atoms with E-state index in [1.54, 1.807) is 19.1 Å². The van der Waals surface area contributed by atoms with Gasteiger partial charge in [-0.1, -0.05) is 23.7 Å². The zero-order valence-electron chi connectivity index (χ0n) is 14.7. The molecule has 5 nitrogen and oxygen atoms in total. The van der Waals surface area contributed by atoms with Crippen LogP contribution in [0.1, 0.15) is 24.2 Å². The summed E-state index contributed by atoms with van der Waals surface area (Å²) in [7, 11) is 0. The molecule has 0 bridgehead atoms. The molecule has 0 radical (unpaired) electrons. The maximum Gasteiger partial charge on any atom is 0.323 e. The average Bonchev–Trinajstić information content (AvgIpc) is 3.02. The Kier molecular flexibility index (Phi) is 6.38. The van der Waals surface area contributed by atoms with Crippen molar-refractivity contribution in [1.29, 1.82) is 0 Å². The molecule has 1 unspecified atom stereocenters. The summed E-state index contributed by atoms with van der Waals surface area (Å²) in [6, 6.07) is 4.18. The van der Waals surface area contributed by atoms with Gasteiger partial charge >= 0.3 is 6.03 Å². The lowest BCUT2D eigenvalue weighted by atomic mass is 9.99. The molecule has 27 heavy (non-hydrogen) atoms. The smallest absolute Gasteiger partial charge is 0.321 e. The molecule has 1 aliphatic heterocycles. The maximum absolute atomic E-state index is 14.5. The van der Waals surface area contributed by atoms with Gasteiger partial charge < -0.3 is 4.90 Å². The molecule has 2 aromatic rings. The number of piperidine rings is 1. The van der Waals surface area contributed by atoms with E-state index < -0.39 is 6.17 Å². The number of rotatable bonds is 4. The van der Waals surface area contributed by atoms with Crippen LogP contribution in [-0.2, 0) is 6.42 Å². The van der Waals surface area contributed by atoms with E-state index in [1.165, 1.54) is 11.0 Å². The Balaban J connectivity index is 1.51. The third-order valence-electron chi connectivity index (χ3n) is 4.32. The van der Waals surface area contributed by atoms with Crippen LogP contribution in [0.5, 0.6) is 0 Å². The fourth-order valence-corrected chi connectivity index (χ4v) is 3.62. The Hall–Kier alpha value is -2.06. The molecule has 1 saturated heterocycles. The van der Waals surface area contributed by atoms with Gasteiger partial charge in [-0.3, -0.25) is 5.32 Å². The Morgan fingerprint density at radius 1 is 1.52 bits per heavy atom. The topological polar surface area (TPSA) is 58.1 Å². The normalized spacial score (nSPS) is 18.7. The number of amides is 2. The van der Waals surface area contributed by atoms with Crippen LogP contribution in [0.4, 0.5) is 18.7 Å². The molecule has 0 spiro atoms. The zero-order chi connectivity index (χ0) is 19.4.